The number of benzene rings is 2. The molecule has 0 radical (unpaired) electrons. The highest BCUT2D eigenvalue weighted by molar-refractivity contribution is 5.21. The van der Waals surface area contributed by atoms with Crippen molar-refractivity contribution in [1.82, 2.24) is 4.90 Å². The van der Waals surface area contributed by atoms with Gasteiger partial charge in [-0.2, -0.15) is 0 Å². The third kappa shape index (κ3) is 4.05. The third-order valence-electron chi connectivity index (χ3n) is 3.78. The Labute approximate surface area is 125 Å². The van der Waals surface area contributed by atoms with Crippen LogP contribution in [0.1, 0.15) is 18.4 Å². The van der Waals surface area contributed by atoms with E-state index in [1.54, 1.807) is 6.07 Å². The summed E-state index contributed by atoms with van der Waals surface area (Å²) in [6.45, 7) is 2.12. The summed E-state index contributed by atoms with van der Waals surface area (Å²) >= 11 is 0. The minimum absolute atomic E-state index is 0.118. The van der Waals surface area contributed by atoms with Crippen LogP contribution in [0.5, 0.6) is 5.75 Å². The monoisotopic (exact) mass is 285 g/mol. The zero-order chi connectivity index (χ0) is 14.5. The zero-order valence-corrected chi connectivity index (χ0v) is 12.0. The normalized spacial score (nSPS) is 14.4. The molecule has 0 atom stereocenters. The van der Waals surface area contributed by atoms with Crippen molar-refractivity contribution < 1.29 is 9.13 Å². The van der Waals surface area contributed by atoms with Gasteiger partial charge in [-0.3, -0.25) is 4.90 Å². The zero-order valence-electron chi connectivity index (χ0n) is 12.0. The van der Waals surface area contributed by atoms with Gasteiger partial charge in [-0.05, 0) is 31.0 Å². The van der Waals surface area contributed by atoms with Crippen LogP contribution >= 0.6 is 0 Å². The lowest BCUT2D eigenvalue weighted by atomic mass is 10.2. The first kappa shape index (κ1) is 14.1. The van der Waals surface area contributed by atoms with E-state index in [0.717, 1.165) is 17.9 Å². The van der Waals surface area contributed by atoms with Gasteiger partial charge in [0.25, 0.3) is 0 Å². The summed E-state index contributed by atoms with van der Waals surface area (Å²) < 4.78 is 19.5. The molecule has 3 rings (SSSR count). The Bertz CT molecular complexity index is 568. The lowest BCUT2D eigenvalue weighted by molar-refractivity contribution is 0.193. The first-order chi connectivity index (χ1) is 10.3. The number of halogens is 1. The van der Waals surface area contributed by atoms with Crippen LogP contribution in [-0.4, -0.2) is 24.1 Å². The van der Waals surface area contributed by atoms with Crippen molar-refractivity contribution >= 4 is 0 Å². The average Bonchev–Trinajstić information content (AvgIpc) is 3.34. The fourth-order valence-electron chi connectivity index (χ4n) is 2.47. The van der Waals surface area contributed by atoms with Crippen LogP contribution in [0.15, 0.2) is 54.6 Å². The SMILES string of the molecule is Fc1ccccc1CN(CCOc1ccccc1)C1CC1. The van der Waals surface area contributed by atoms with E-state index < -0.39 is 0 Å². The Kier molecular flexibility index (Phi) is 4.51. The Balaban J connectivity index is 1.54. The summed E-state index contributed by atoms with van der Waals surface area (Å²) in [4.78, 5) is 2.32. The largest absolute Gasteiger partial charge is 0.492 e. The predicted octanol–water partition coefficient (Wildman–Crippen LogP) is 3.87. The number of hydrogen-bond acceptors (Lipinski definition) is 2. The topological polar surface area (TPSA) is 12.5 Å². The molecule has 1 aliphatic carbocycles. The van der Waals surface area contributed by atoms with Crippen molar-refractivity contribution in [2.24, 2.45) is 0 Å². The van der Waals surface area contributed by atoms with Gasteiger partial charge in [0.2, 0.25) is 0 Å². The first-order valence-electron chi connectivity index (χ1n) is 7.48. The molecule has 0 aliphatic heterocycles. The number of nitrogens with zero attached hydrogens (tertiary/aromatic N) is 1. The lowest BCUT2D eigenvalue weighted by Gasteiger charge is -2.22. The predicted molar refractivity (Wildman–Crippen MR) is 81.8 cm³/mol. The molecule has 0 saturated heterocycles. The highest BCUT2D eigenvalue weighted by atomic mass is 19.1. The van der Waals surface area contributed by atoms with Gasteiger partial charge in [0.1, 0.15) is 18.2 Å². The molecule has 2 aromatic carbocycles. The highest BCUT2D eigenvalue weighted by Crippen LogP contribution is 2.28. The van der Waals surface area contributed by atoms with E-state index in [2.05, 4.69) is 4.90 Å². The van der Waals surface area contributed by atoms with Crippen molar-refractivity contribution in [3.8, 4) is 5.75 Å². The van der Waals surface area contributed by atoms with Gasteiger partial charge in [0, 0.05) is 24.7 Å². The molecule has 0 unspecified atom stereocenters. The molecule has 1 aliphatic rings. The minimum Gasteiger partial charge on any atom is -0.492 e. The van der Waals surface area contributed by atoms with E-state index in [0.29, 0.717) is 19.2 Å². The molecular weight excluding hydrogens is 265 g/mol. The Morgan fingerprint density at radius 1 is 1.00 bits per heavy atom. The summed E-state index contributed by atoms with van der Waals surface area (Å²) in [7, 11) is 0. The summed E-state index contributed by atoms with van der Waals surface area (Å²) in [5.74, 6) is 0.770. The summed E-state index contributed by atoms with van der Waals surface area (Å²) in [5.41, 5.74) is 0.768. The molecule has 0 aromatic heterocycles. The molecule has 1 fully saturated rings. The van der Waals surface area contributed by atoms with Crippen LogP contribution in [-0.2, 0) is 6.54 Å². The molecule has 110 valence electrons. The van der Waals surface area contributed by atoms with Crippen molar-refractivity contribution in [3.05, 3.63) is 66.0 Å². The van der Waals surface area contributed by atoms with Crippen LogP contribution in [0.25, 0.3) is 0 Å². The van der Waals surface area contributed by atoms with Gasteiger partial charge >= 0.3 is 0 Å². The van der Waals surface area contributed by atoms with Crippen LogP contribution in [0.3, 0.4) is 0 Å². The standard InChI is InChI=1S/C18H20FNO/c19-18-9-5-4-6-15(18)14-20(16-10-11-16)12-13-21-17-7-2-1-3-8-17/h1-9,16H,10-14H2. The van der Waals surface area contributed by atoms with Crippen molar-refractivity contribution in [1.29, 1.82) is 0 Å². The first-order valence-corrected chi connectivity index (χ1v) is 7.48. The second-order valence-electron chi connectivity index (χ2n) is 5.45. The molecule has 0 spiro atoms. The summed E-state index contributed by atoms with van der Waals surface area (Å²) in [6, 6.07) is 17.4. The quantitative estimate of drug-likeness (QED) is 0.765. The molecule has 21 heavy (non-hydrogen) atoms. The number of hydrogen-bond donors (Lipinski definition) is 0. The molecule has 1 saturated carbocycles. The molecule has 2 nitrogen and oxygen atoms in total. The molecule has 2 aromatic rings. The average molecular weight is 285 g/mol. The van der Waals surface area contributed by atoms with Gasteiger partial charge in [-0.1, -0.05) is 36.4 Å². The number of para-hydroxylation sites is 1. The molecule has 0 bridgehead atoms. The minimum atomic E-state index is -0.118. The van der Waals surface area contributed by atoms with E-state index in [-0.39, 0.29) is 5.82 Å². The van der Waals surface area contributed by atoms with Gasteiger partial charge < -0.3 is 4.74 Å². The lowest BCUT2D eigenvalue weighted by Crippen LogP contribution is -2.30. The van der Waals surface area contributed by atoms with Crippen LogP contribution in [0.2, 0.25) is 0 Å². The summed E-state index contributed by atoms with van der Waals surface area (Å²) in [5, 5.41) is 0. The smallest absolute Gasteiger partial charge is 0.127 e. The molecule has 0 N–H and O–H groups in total. The Morgan fingerprint density at radius 2 is 1.71 bits per heavy atom. The van der Waals surface area contributed by atoms with Crippen molar-refractivity contribution in [3.63, 3.8) is 0 Å². The molecule has 0 heterocycles. The summed E-state index contributed by atoms with van der Waals surface area (Å²) in [6.07, 6.45) is 2.42. The van der Waals surface area contributed by atoms with E-state index in [9.17, 15) is 4.39 Å². The fraction of sp³-hybridized carbons (Fsp3) is 0.333. The van der Waals surface area contributed by atoms with Crippen LogP contribution in [0.4, 0.5) is 4.39 Å². The second kappa shape index (κ2) is 6.72. The molecular formula is C18H20FNO. The van der Waals surface area contributed by atoms with E-state index >= 15 is 0 Å². The highest BCUT2D eigenvalue weighted by Gasteiger charge is 2.29. The Hall–Kier alpha value is -1.87. The van der Waals surface area contributed by atoms with Crippen LogP contribution < -0.4 is 4.74 Å². The van der Waals surface area contributed by atoms with Crippen LogP contribution in [0, 0.1) is 5.82 Å². The maximum absolute atomic E-state index is 13.8. The molecule has 0 amide bonds. The Morgan fingerprint density at radius 3 is 2.43 bits per heavy atom. The maximum atomic E-state index is 13.8. The van der Waals surface area contributed by atoms with Gasteiger partial charge in [0.05, 0.1) is 0 Å². The maximum Gasteiger partial charge on any atom is 0.127 e. The van der Waals surface area contributed by atoms with Crippen molar-refractivity contribution in [2.75, 3.05) is 13.2 Å². The number of ether oxygens (including phenoxy) is 1. The van der Waals surface area contributed by atoms with Gasteiger partial charge in [-0.25, -0.2) is 4.39 Å². The van der Waals surface area contributed by atoms with Crippen molar-refractivity contribution in [2.45, 2.75) is 25.4 Å². The fourth-order valence-corrected chi connectivity index (χ4v) is 2.47. The van der Waals surface area contributed by atoms with E-state index in [1.807, 2.05) is 42.5 Å². The number of rotatable bonds is 7. The second-order valence-corrected chi connectivity index (χ2v) is 5.45. The molecule has 3 heteroatoms. The van der Waals surface area contributed by atoms with Gasteiger partial charge in [-0.15, -0.1) is 0 Å². The van der Waals surface area contributed by atoms with E-state index in [1.165, 1.54) is 18.9 Å². The third-order valence-corrected chi connectivity index (χ3v) is 3.78. The van der Waals surface area contributed by atoms with E-state index in [4.69, 9.17) is 4.74 Å². The van der Waals surface area contributed by atoms with Gasteiger partial charge in [0.15, 0.2) is 0 Å².